The van der Waals surface area contributed by atoms with Crippen LogP contribution in [-0.2, 0) is 0 Å². The van der Waals surface area contributed by atoms with Gasteiger partial charge < -0.3 is 10.1 Å². The molecule has 128 valence electrons. The van der Waals surface area contributed by atoms with Crippen molar-refractivity contribution in [3.63, 3.8) is 0 Å². The van der Waals surface area contributed by atoms with E-state index >= 15 is 0 Å². The summed E-state index contributed by atoms with van der Waals surface area (Å²) < 4.78 is 0. The molecule has 2 aromatic carbocycles. The van der Waals surface area contributed by atoms with E-state index in [1.807, 2.05) is 23.6 Å². The fourth-order valence-electron chi connectivity index (χ4n) is 2.54. The molecule has 0 fully saturated rings. The van der Waals surface area contributed by atoms with Crippen molar-refractivity contribution in [3.8, 4) is 17.1 Å². The lowest BCUT2D eigenvalue weighted by molar-refractivity contribution is 0.0955. The molecule has 4 aromatic rings. The number of rotatable bonds is 4. The van der Waals surface area contributed by atoms with Gasteiger partial charge in [-0.15, -0.1) is 11.3 Å². The lowest BCUT2D eigenvalue weighted by atomic mass is 10.2. The number of hydrogen-bond donors (Lipinski definition) is 3. The number of phenolic OH excluding ortho intramolecular Hbond substituents is 1. The fraction of sp³-hybridized carbons (Fsp3) is 0. The van der Waals surface area contributed by atoms with Crippen molar-refractivity contribution in [3.05, 3.63) is 70.4 Å². The molecule has 6 nitrogen and oxygen atoms in total. The first-order valence-electron chi connectivity index (χ1n) is 7.86. The number of H-pyrrole nitrogens is 1. The van der Waals surface area contributed by atoms with E-state index in [0.717, 1.165) is 4.88 Å². The Balaban J connectivity index is 1.57. The minimum atomic E-state index is -0.307. The van der Waals surface area contributed by atoms with E-state index in [2.05, 4.69) is 20.5 Å². The van der Waals surface area contributed by atoms with Gasteiger partial charge in [0.05, 0.1) is 22.8 Å². The first-order chi connectivity index (χ1) is 12.7. The number of nitrogens with zero attached hydrogens (tertiary/aromatic N) is 2. The minimum absolute atomic E-state index is 0.146. The molecule has 0 aliphatic carbocycles. The molecule has 0 unspecified atom stereocenters. The van der Waals surface area contributed by atoms with Crippen molar-refractivity contribution < 1.29 is 9.90 Å². The molecule has 0 atom stereocenters. The Morgan fingerprint density at radius 2 is 2.08 bits per heavy atom. The summed E-state index contributed by atoms with van der Waals surface area (Å²) in [5.74, 6) is 0.386. The molecule has 2 aromatic heterocycles. The molecule has 26 heavy (non-hydrogen) atoms. The Kier molecular flexibility index (Phi) is 4.20. The topological polar surface area (TPSA) is 90.4 Å². The van der Waals surface area contributed by atoms with E-state index < -0.39 is 0 Å². The summed E-state index contributed by atoms with van der Waals surface area (Å²) in [6.45, 7) is 0. The van der Waals surface area contributed by atoms with Crippen molar-refractivity contribution in [2.75, 3.05) is 0 Å². The van der Waals surface area contributed by atoms with Crippen molar-refractivity contribution >= 4 is 34.5 Å². The van der Waals surface area contributed by atoms with Crippen LogP contribution in [0.25, 0.3) is 22.4 Å². The second-order valence-electron chi connectivity index (χ2n) is 5.55. The molecule has 0 aliphatic heterocycles. The van der Waals surface area contributed by atoms with Gasteiger partial charge in [-0.3, -0.25) is 4.79 Å². The second-order valence-corrected chi connectivity index (χ2v) is 6.53. The van der Waals surface area contributed by atoms with E-state index in [4.69, 9.17) is 0 Å². The van der Waals surface area contributed by atoms with E-state index in [1.165, 1.54) is 11.3 Å². The number of benzene rings is 2. The lowest BCUT2D eigenvalue weighted by Gasteiger charge is -1.99. The van der Waals surface area contributed by atoms with Crippen LogP contribution in [0.1, 0.15) is 15.2 Å². The monoisotopic (exact) mass is 362 g/mol. The van der Waals surface area contributed by atoms with Crippen LogP contribution in [0.2, 0.25) is 0 Å². The SMILES string of the molecule is O=C(N/N=C/c1cccs1)c1ccc2nc(-c3ccccc3O)[nH]c2c1. The Morgan fingerprint density at radius 3 is 2.88 bits per heavy atom. The van der Waals surface area contributed by atoms with Crippen LogP contribution in [-0.4, -0.2) is 27.2 Å². The average Bonchev–Trinajstić information content (AvgIpc) is 3.30. The minimum Gasteiger partial charge on any atom is -0.507 e. The highest BCUT2D eigenvalue weighted by atomic mass is 32.1. The average molecular weight is 362 g/mol. The highest BCUT2D eigenvalue weighted by Crippen LogP contribution is 2.28. The Labute approximate surface area is 152 Å². The number of fused-ring (bicyclic) bond motifs is 1. The second kappa shape index (κ2) is 6.81. The van der Waals surface area contributed by atoms with Gasteiger partial charge in [0.1, 0.15) is 11.6 Å². The smallest absolute Gasteiger partial charge is 0.271 e. The molecule has 0 aliphatic rings. The predicted molar refractivity (Wildman–Crippen MR) is 103 cm³/mol. The van der Waals surface area contributed by atoms with Gasteiger partial charge in [0.15, 0.2) is 0 Å². The quantitative estimate of drug-likeness (QED) is 0.381. The van der Waals surface area contributed by atoms with E-state index in [1.54, 1.807) is 42.6 Å². The van der Waals surface area contributed by atoms with Crippen LogP contribution in [0.15, 0.2) is 65.1 Å². The maximum atomic E-state index is 12.3. The van der Waals surface area contributed by atoms with Crippen LogP contribution in [0, 0.1) is 0 Å². The number of hydrazone groups is 1. The summed E-state index contributed by atoms with van der Waals surface area (Å²) in [5, 5.41) is 15.9. The maximum absolute atomic E-state index is 12.3. The third-order valence-corrected chi connectivity index (χ3v) is 4.61. The van der Waals surface area contributed by atoms with Gasteiger partial charge in [0.2, 0.25) is 0 Å². The summed E-state index contributed by atoms with van der Waals surface area (Å²) >= 11 is 1.54. The predicted octanol–water partition coefficient (Wildman–Crippen LogP) is 3.76. The van der Waals surface area contributed by atoms with Crippen LogP contribution in [0.5, 0.6) is 5.75 Å². The summed E-state index contributed by atoms with van der Waals surface area (Å²) in [7, 11) is 0. The Bertz CT molecular complexity index is 1100. The van der Waals surface area contributed by atoms with E-state index in [9.17, 15) is 9.90 Å². The van der Waals surface area contributed by atoms with E-state index in [0.29, 0.717) is 28.0 Å². The summed E-state index contributed by atoms with van der Waals surface area (Å²) in [5.41, 5.74) is 5.00. The van der Waals surface area contributed by atoms with Crippen molar-refractivity contribution in [1.29, 1.82) is 0 Å². The first kappa shape index (κ1) is 16.0. The highest BCUT2D eigenvalue weighted by molar-refractivity contribution is 7.11. The zero-order chi connectivity index (χ0) is 17.9. The van der Waals surface area contributed by atoms with Crippen LogP contribution in [0.4, 0.5) is 0 Å². The van der Waals surface area contributed by atoms with Crippen molar-refractivity contribution in [2.45, 2.75) is 0 Å². The van der Waals surface area contributed by atoms with Crippen LogP contribution in [0.3, 0.4) is 0 Å². The van der Waals surface area contributed by atoms with Gasteiger partial charge in [-0.1, -0.05) is 18.2 Å². The third kappa shape index (κ3) is 3.20. The molecule has 2 heterocycles. The molecule has 4 rings (SSSR count). The number of aromatic amines is 1. The Morgan fingerprint density at radius 1 is 1.19 bits per heavy atom. The zero-order valence-corrected chi connectivity index (χ0v) is 14.3. The van der Waals surface area contributed by atoms with Crippen LogP contribution < -0.4 is 5.43 Å². The van der Waals surface area contributed by atoms with Gasteiger partial charge in [0, 0.05) is 10.4 Å². The third-order valence-electron chi connectivity index (χ3n) is 3.80. The number of aromatic hydroxyl groups is 1. The Hall–Kier alpha value is -3.45. The zero-order valence-electron chi connectivity index (χ0n) is 13.5. The lowest BCUT2D eigenvalue weighted by Crippen LogP contribution is -2.17. The molecule has 0 bridgehead atoms. The van der Waals surface area contributed by atoms with Gasteiger partial charge in [-0.05, 0) is 41.8 Å². The van der Waals surface area contributed by atoms with Gasteiger partial charge >= 0.3 is 0 Å². The van der Waals surface area contributed by atoms with Crippen molar-refractivity contribution in [1.82, 2.24) is 15.4 Å². The fourth-order valence-corrected chi connectivity index (χ4v) is 3.12. The van der Waals surface area contributed by atoms with Crippen molar-refractivity contribution in [2.24, 2.45) is 5.10 Å². The standard InChI is InChI=1S/C19H14N4O2S/c24-17-6-2-1-5-14(17)18-21-15-8-7-12(10-16(15)22-18)19(25)23-20-11-13-4-3-9-26-13/h1-11,24H,(H,21,22)(H,23,25)/b20-11+. The van der Waals surface area contributed by atoms with E-state index in [-0.39, 0.29) is 11.7 Å². The van der Waals surface area contributed by atoms with Gasteiger partial charge in [0.25, 0.3) is 5.91 Å². The summed E-state index contributed by atoms with van der Waals surface area (Å²) in [6, 6.07) is 15.9. The van der Waals surface area contributed by atoms with Gasteiger partial charge in [-0.25, -0.2) is 10.4 Å². The molecule has 3 N–H and O–H groups in total. The van der Waals surface area contributed by atoms with Crippen LogP contribution >= 0.6 is 11.3 Å². The molecule has 0 spiro atoms. The number of imidazole rings is 1. The molecular weight excluding hydrogens is 348 g/mol. The number of carbonyl (C=O) groups is 1. The molecule has 1 amide bonds. The number of carbonyl (C=O) groups excluding carboxylic acids is 1. The molecule has 0 saturated carbocycles. The summed E-state index contributed by atoms with van der Waals surface area (Å²) in [6.07, 6.45) is 1.60. The number of amides is 1. The number of nitrogens with one attached hydrogen (secondary N) is 2. The summed E-state index contributed by atoms with van der Waals surface area (Å²) in [4.78, 5) is 20.8. The van der Waals surface area contributed by atoms with Gasteiger partial charge in [-0.2, -0.15) is 5.10 Å². The molecule has 0 radical (unpaired) electrons. The molecular formula is C19H14N4O2S. The molecule has 0 saturated heterocycles. The molecule has 7 heteroatoms. The normalized spacial score (nSPS) is 11.2. The number of hydrogen-bond acceptors (Lipinski definition) is 5. The highest BCUT2D eigenvalue weighted by Gasteiger charge is 2.11. The number of aromatic nitrogens is 2. The number of thiophene rings is 1. The number of para-hydroxylation sites is 1. The number of phenols is 1. The maximum Gasteiger partial charge on any atom is 0.271 e. The first-order valence-corrected chi connectivity index (χ1v) is 8.74. The largest absolute Gasteiger partial charge is 0.507 e.